The molecule has 1 aliphatic carbocycles. The molecular formula is C13H17ClN2O2. The smallest absolute Gasteiger partial charge is 0.252 e. The second-order valence-corrected chi connectivity index (χ2v) is 5.02. The van der Waals surface area contributed by atoms with Gasteiger partial charge in [-0.05, 0) is 44.0 Å². The molecule has 1 aromatic carbocycles. The first kappa shape index (κ1) is 13.2. The first-order valence-corrected chi connectivity index (χ1v) is 6.45. The first-order valence-electron chi connectivity index (χ1n) is 6.08. The Morgan fingerprint density at radius 1 is 1.44 bits per heavy atom. The molecule has 1 amide bonds. The zero-order valence-corrected chi connectivity index (χ0v) is 10.8. The van der Waals surface area contributed by atoms with Gasteiger partial charge in [-0.3, -0.25) is 4.79 Å². The van der Waals surface area contributed by atoms with Crippen molar-refractivity contribution < 1.29 is 9.53 Å². The number of amides is 1. The van der Waals surface area contributed by atoms with Crippen molar-refractivity contribution in [3.63, 3.8) is 0 Å². The Bertz CT molecular complexity index is 451. The molecule has 2 unspecified atom stereocenters. The molecule has 2 rings (SSSR count). The normalized spacial score (nSPS) is 23.0. The van der Waals surface area contributed by atoms with Crippen LogP contribution in [-0.4, -0.2) is 18.6 Å². The second kappa shape index (κ2) is 5.59. The predicted octanol–water partition coefficient (Wildman–Crippen LogP) is 1.95. The monoisotopic (exact) mass is 268 g/mol. The molecule has 5 heteroatoms. The molecule has 0 bridgehead atoms. The summed E-state index contributed by atoms with van der Waals surface area (Å²) in [4.78, 5) is 11.4. The van der Waals surface area contributed by atoms with Crippen LogP contribution in [0, 0.1) is 5.92 Å². The highest BCUT2D eigenvalue weighted by atomic mass is 35.5. The van der Waals surface area contributed by atoms with Gasteiger partial charge < -0.3 is 16.2 Å². The molecule has 1 aromatic rings. The summed E-state index contributed by atoms with van der Waals surface area (Å²) in [6.07, 6.45) is 3.20. The highest BCUT2D eigenvalue weighted by molar-refractivity contribution is 6.31. The zero-order valence-electron chi connectivity index (χ0n) is 10.1. The second-order valence-electron chi connectivity index (χ2n) is 4.59. The third-order valence-corrected chi connectivity index (χ3v) is 3.61. The van der Waals surface area contributed by atoms with E-state index in [1.807, 2.05) is 0 Å². The molecule has 0 saturated heterocycles. The number of halogens is 1. The molecule has 1 fully saturated rings. The molecular weight excluding hydrogens is 252 g/mol. The highest BCUT2D eigenvalue weighted by Gasteiger charge is 2.28. The highest BCUT2D eigenvalue weighted by Crippen LogP contribution is 2.31. The lowest BCUT2D eigenvalue weighted by atomic mass is 10.1. The Morgan fingerprint density at radius 3 is 2.89 bits per heavy atom. The van der Waals surface area contributed by atoms with E-state index in [2.05, 4.69) is 0 Å². The van der Waals surface area contributed by atoms with E-state index in [1.165, 1.54) is 6.07 Å². The Kier molecular flexibility index (Phi) is 4.09. The van der Waals surface area contributed by atoms with E-state index in [4.69, 9.17) is 27.8 Å². The lowest BCUT2D eigenvalue weighted by Crippen LogP contribution is -2.28. The molecule has 0 aliphatic heterocycles. The topological polar surface area (TPSA) is 78.3 Å². The van der Waals surface area contributed by atoms with Gasteiger partial charge in [0, 0.05) is 10.9 Å². The summed E-state index contributed by atoms with van der Waals surface area (Å²) in [7, 11) is 0. The SMILES string of the molecule is NCC1CCCC1Oc1ccc(Cl)cc1C(N)=O. The summed E-state index contributed by atoms with van der Waals surface area (Å²) < 4.78 is 5.89. The number of ether oxygens (including phenoxy) is 1. The zero-order chi connectivity index (χ0) is 13.1. The van der Waals surface area contributed by atoms with Gasteiger partial charge in [0.2, 0.25) is 0 Å². The van der Waals surface area contributed by atoms with Crippen molar-refractivity contribution in [3.05, 3.63) is 28.8 Å². The van der Waals surface area contributed by atoms with E-state index in [1.54, 1.807) is 12.1 Å². The van der Waals surface area contributed by atoms with Gasteiger partial charge in [0.1, 0.15) is 11.9 Å². The minimum absolute atomic E-state index is 0.0641. The molecule has 0 heterocycles. The fourth-order valence-electron chi connectivity index (χ4n) is 2.39. The van der Waals surface area contributed by atoms with Gasteiger partial charge in [-0.2, -0.15) is 0 Å². The maximum Gasteiger partial charge on any atom is 0.252 e. The van der Waals surface area contributed by atoms with E-state index in [-0.39, 0.29) is 6.10 Å². The van der Waals surface area contributed by atoms with Gasteiger partial charge >= 0.3 is 0 Å². The molecule has 18 heavy (non-hydrogen) atoms. The van der Waals surface area contributed by atoms with Crippen molar-refractivity contribution in [2.24, 2.45) is 17.4 Å². The van der Waals surface area contributed by atoms with Crippen molar-refractivity contribution >= 4 is 17.5 Å². The van der Waals surface area contributed by atoms with Gasteiger partial charge in [0.05, 0.1) is 5.56 Å². The maximum absolute atomic E-state index is 11.4. The summed E-state index contributed by atoms with van der Waals surface area (Å²) in [5.41, 5.74) is 11.4. The number of nitrogens with two attached hydrogens (primary N) is 2. The first-order chi connectivity index (χ1) is 8.61. The van der Waals surface area contributed by atoms with Crippen LogP contribution in [0.5, 0.6) is 5.75 Å². The van der Waals surface area contributed by atoms with Gasteiger partial charge in [0.25, 0.3) is 5.91 Å². The van der Waals surface area contributed by atoms with Crippen molar-refractivity contribution in [1.29, 1.82) is 0 Å². The number of primary amides is 1. The molecule has 98 valence electrons. The number of benzene rings is 1. The van der Waals surface area contributed by atoms with Crippen LogP contribution in [0.3, 0.4) is 0 Å². The molecule has 1 saturated carbocycles. The van der Waals surface area contributed by atoms with Crippen LogP contribution in [0.4, 0.5) is 0 Å². The average molecular weight is 269 g/mol. The summed E-state index contributed by atoms with van der Waals surface area (Å²) >= 11 is 5.85. The van der Waals surface area contributed by atoms with E-state index in [0.29, 0.717) is 28.8 Å². The van der Waals surface area contributed by atoms with Crippen LogP contribution in [-0.2, 0) is 0 Å². The van der Waals surface area contributed by atoms with Gasteiger partial charge in [0.15, 0.2) is 0 Å². The fourth-order valence-corrected chi connectivity index (χ4v) is 2.56. The molecule has 4 N–H and O–H groups in total. The summed E-state index contributed by atoms with van der Waals surface area (Å²) in [6.45, 7) is 0.601. The number of hydrogen-bond donors (Lipinski definition) is 2. The summed E-state index contributed by atoms with van der Waals surface area (Å²) in [6, 6.07) is 4.91. The molecule has 0 spiro atoms. The van der Waals surface area contributed by atoms with Crippen LogP contribution < -0.4 is 16.2 Å². The lowest BCUT2D eigenvalue weighted by Gasteiger charge is -2.21. The number of carbonyl (C=O) groups excluding carboxylic acids is 1. The van der Waals surface area contributed by atoms with E-state index >= 15 is 0 Å². The third kappa shape index (κ3) is 2.76. The van der Waals surface area contributed by atoms with Crippen LogP contribution >= 0.6 is 11.6 Å². The van der Waals surface area contributed by atoms with Gasteiger partial charge in [-0.25, -0.2) is 0 Å². The summed E-state index contributed by atoms with van der Waals surface area (Å²) in [5, 5.41) is 0.470. The summed E-state index contributed by atoms with van der Waals surface area (Å²) in [5.74, 6) is 0.313. The van der Waals surface area contributed by atoms with E-state index in [0.717, 1.165) is 19.3 Å². The number of hydrogen-bond acceptors (Lipinski definition) is 3. The maximum atomic E-state index is 11.4. The minimum atomic E-state index is -0.533. The quantitative estimate of drug-likeness (QED) is 0.876. The number of carbonyl (C=O) groups is 1. The minimum Gasteiger partial charge on any atom is -0.489 e. The molecule has 1 aliphatic rings. The van der Waals surface area contributed by atoms with Crippen molar-refractivity contribution in [1.82, 2.24) is 0 Å². The van der Waals surface area contributed by atoms with Gasteiger partial charge in [-0.15, -0.1) is 0 Å². The molecule has 0 radical (unpaired) electrons. The Morgan fingerprint density at radius 2 is 2.22 bits per heavy atom. The van der Waals surface area contributed by atoms with Crippen molar-refractivity contribution in [2.75, 3.05) is 6.54 Å². The third-order valence-electron chi connectivity index (χ3n) is 3.38. The van der Waals surface area contributed by atoms with Gasteiger partial charge in [-0.1, -0.05) is 11.6 Å². The molecule has 4 nitrogen and oxygen atoms in total. The Hall–Kier alpha value is -1.26. The molecule has 0 aromatic heterocycles. The average Bonchev–Trinajstić information content (AvgIpc) is 2.78. The fraction of sp³-hybridized carbons (Fsp3) is 0.462. The largest absolute Gasteiger partial charge is 0.489 e. The number of rotatable bonds is 4. The van der Waals surface area contributed by atoms with Crippen LogP contribution in [0.15, 0.2) is 18.2 Å². The molecule has 2 atom stereocenters. The van der Waals surface area contributed by atoms with E-state index in [9.17, 15) is 4.79 Å². The predicted molar refractivity (Wildman–Crippen MR) is 70.8 cm³/mol. The lowest BCUT2D eigenvalue weighted by molar-refractivity contribution is 0.0989. The standard InChI is InChI=1S/C13H17ClN2O2/c14-9-4-5-12(10(6-9)13(16)17)18-11-3-1-2-8(11)7-15/h4-6,8,11H,1-3,7,15H2,(H2,16,17). The van der Waals surface area contributed by atoms with Crippen molar-refractivity contribution in [3.8, 4) is 5.75 Å². The van der Waals surface area contributed by atoms with E-state index < -0.39 is 5.91 Å². The Balaban J connectivity index is 2.20. The van der Waals surface area contributed by atoms with Crippen LogP contribution in [0.25, 0.3) is 0 Å². The van der Waals surface area contributed by atoms with Crippen molar-refractivity contribution in [2.45, 2.75) is 25.4 Å². The van der Waals surface area contributed by atoms with Crippen LogP contribution in [0.2, 0.25) is 5.02 Å². The Labute approximate surface area is 111 Å². The van der Waals surface area contributed by atoms with Crippen LogP contribution in [0.1, 0.15) is 29.6 Å².